The van der Waals surface area contributed by atoms with Gasteiger partial charge in [-0.2, -0.15) is 5.10 Å². The molecule has 0 radical (unpaired) electrons. The number of aromatic hydroxyl groups is 1. The Morgan fingerprint density at radius 1 is 1.11 bits per heavy atom. The van der Waals surface area contributed by atoms with Gasteiger partial charge >= 0.3 is 0 Å². The van der Waals surface area contributed by atoms with Crippen molar-refractivity contribution in [3.05, 3.63) is 42.0 Å². The molecule has 0 unspecified atom stereocenters. The Bertz CT molecular complexity index is 838. The van der Waals surface area contributed by atoms with E-state index in [4.69, 9.17) is 21.7 Å². The molecular weight excluding hydrogens is 376 g/mol. The van der Waals surface area contributed by atoms with Gasteiger partial charge in [0.25, 0.3) is 0 Å². The minimum absolute atomic E-state index is 0.161. The number of rotatable bonds is 8. The Morgan fingerprint density at radius 2 is 1.82 bits per heavy atom. The van der Waals surface area contributed by atoms with Crippen molar-refractivity contribution in [2.75, 3.05) is 37.5 Å². The first-order valence-electron chi connectivity index (χ1n) is 8.92. The topological polar surface area (TPSA) is 78.4 Å². The number of phenolic OH excluding ortho intramolecular Hbond substituents is 1. The summed E-state index contributed by atoms with van der Waals surface area (Å²) in [5.74, 6) is 1.39. The fourth-order valence-corrected chi connectivity index (χ4v) is 2.83. The Labute approximate surface area is 171 Å². The van der Waals surface area contributed by atoms with Crippen molar-refractivity contribution in [2.24, 2.45) is 5.10 Å². The smallest absolute Gasteiger partial charge is 0.191 e. The van der Waals surface area contributed by atoms with Crippen molar-refractivity contribution in [1.82, 2.24) is 5.43 Å². The molecule has 150 valence electrons. The summed E-state index contributed by atoms with van der Waals surface area (Å²) >= 11 is 5.23. The number of hydrogen-bond donors (Lipinski definition) is 3. The van der Waals surface area contributed by atoms with Gasteiger partial charge in [-0.3, -0.25) is 5.43 Å². The van der Waals surface area contributed by atoms with E-state index >= 15 is 0 Å². The molecule has 0 aliphatic carbocycles. The Morgan fingerprint density at radius 3 is 2.43 bits per heavy atom. The highest BCUT2D eigenvalue weighted by molar-refractivity contribution is 7.80. The molecule has 2 aromatic rings. The number of benzene rings is 2. The molecule has 8 heteroatoms. The van der Waals surface area contributed by atoms with Crippen LogP contribution in [0.5, 0.6) is 17.2 Å². The van der Waals surface area contributed by atoms with Crippen LogP contribution >= 0.6 is 12.2 Å². The molecular formula is C20H26N4O3S. The van der Waals surface area contributed by atoms with Crippen molar-refractivity contribution in [3.63, 3.8) is 0 Å². The molecule has 0 aromatic heterocycles. The van der Waals surface area contributed by atoms with Crippen molar-refractivity contribution in [3.8, 4) is 17.2 Å². The maximum Gasteiger partial charge on any atom is 0.191 e. The lowest BCUT2D eigenvalue weighted by Gasteiger charge is -2.21. The zero-order valence-electron chi connectivity index (χ0n) is 16.5. The van der Waals surface area contributed by atoms with E-state index in [9.17, 15) is 5.11 Å². The lowest BCUT2D eigenvalue weighted by Crippen LogP contribution is -2.24. The van der Waals surface area contributed by atoms with Crippen LogP contribution in [0.25, 0.3) is 0 Å². The van der Waals surface area contributed by atoms with E-state index in [1.165, 1.54) is 6.21 Å². The van der Waals surface area contributed by atoms with Crippen LogP contribution in [-0.2, 0) is 0 Å². The number of hydrogen-bond acceptors (Lipinski definition) is 6. The highest BCUT2D eigenvalue weighted by Gasteiger charge is 2.07. The summed E-state index contributed by atoms with van der Waals surface area (Å²) in [6.45, 7) is 5.90. The minimum atomic E-state index is 0.161. The number of thiocarbonyl (C=S) groups is 1. The van der Waals surface area contributed by atoms with Gasteiger partial charge in [0.1, 0.15) is 5.75 Å². The number of ether oxygens (including phenoxy) is 2. The second-order valence-corrected chi connectivity index (χ2v) is 6.22. The zero-order chi connectivity index (χ0) is 20.5. The second kappa shape index (κ2) is 10.4. The largest absolute Gasteiger partial charge is 0.507 e. The van der Waals surface area contributed by atoms with Crippen LogP contribution in [0.3, 0.4) is 0 Å². The standard InChI is InChI=1S/C20H26N4O3S/c1-5-24(6-2)16-9-7-14(17(25)12-16)13-21-23-20(28)22-15-8-10-18(26-3)19(11-15)27-4/h7-13,25H,5-6H2,1-4H3,(H2,22,23,28)/b21-13+. The first-order valence-corrected chi connectivity index (χ1v) is 9.33. The predicted octanol–water partition coefficient (Wildman–Crippen LogP) is 3.58. The van der Waals surface area contributed by atoms with Gasteiger partial charge in [-0.25, -0.2) is 0 Å². The molecule has 2 aromatic carbocycles. The Hall–Kier alpha value is -3.00. The van der Waals surface area contributed by atoms with Crippen LogP contribution in [-0.4, -0.2) is 43.7 Å². The predicted molar refractivity (Wildman–Crippen MR) is 118 cm³/mol. The maximum atomic E-state index is 10.2. The summed E-state index contributed by atoms with van der Waals surface area (Å²) in [5, 5.41) is 17.6. The van der Waals surface area contributed by atoms with E-state index in [1.807, 2.05) is 18.2 Å². The van der Waals surface area contributed by atoms with Gasteiger partial charge in [0.15, 0.2) is 16.6 Å². The zero-order valence-corrected chi connectivity index (χ0v) is 17.3. The molecule has 28 heavy (non-hydrogen) atoms. The van der Waals surface area contributed by atoms with E-state index in [2.05, 4.69) is 34.6 Å². The molecule has 0 saturated carbocycles. The van der Waals surface area contributed by atoms with Crippen LogP contribution in [0, 0.1) is 0 Å². The van der Waals surface area contributed by atoms with Gasteiger partial charge in [-0.15, -0.1) is 0 Å². The summed E-state index contributed by atoms with van der Waals surface area (Å²) in [4.78, 5) is 2.15. The molecule has 0 bridgehead atoms. The normalized spacial score (nSPS) is 10.6. The van der Waals surface area contributed by atoms with E-state index in [1.54, 1.807) is 32.4 Å². The molecule has 0 aliphatic rings. The van der Waals surface area contributed by atoms with Crippen molar-refractivity contribution in [2.45, 2.75) is 13.8 Å². The summed E-state index contributed by atoms with van der Waals surface area (Å²) in [7, 11) is 3.15. The molecule has 0 spiro atoms. The molecule has 0 aliphatic heterocycles. The first-order chi connectivity index (χ1) is 13.5. The summed E-state index contributed by atoms with van der Waals surface area (Å²) in [5.41, 5.74) is 5.03. The van der Waals surface area contributed by atoms with Crippen LogP contribution in [0.4, 0.5) is 11.4 Å². The fourth-order valence-electron chi connectivity index (χ4n) is 2.66. The highest BCUT2D eigenvalue weighted by Crippen LogP contribution is 2.29. The minimum Gasteiger partial charge on any atom is -0.507 e. The number of nitrogens with zero attached hydrogens (tertiary/aromatic N) is 2. The lowest BCUT2D eigenvalue weighted by atomic mass is 10.2. The molecule has 0 fully saturated rings. The third-order valence-electron chi connectivity index (χ3n) is 4.15. The molecule has 0 saturated heterocycles. The van der Waals surface area contributed by atoms with E-state index in [0.717, 1.165) is 24.5 Å². The van der Waals surface area contributed by atoms with Gasteiger partial charge in [-0.05, 0) is 50.3 Å². The van der Waals surface area contributed by atoms with Crippen LogP contribution in [0.2, 0.25) is 0 Å². The average molecular weight is 403 g/mol. The molecule has 7 nitrogen and oxygen atoms in total. The Kier molecular flexibility index (Phi) is 7.88. The fraction of sp³-hybridized carbons (Fsp3) is 0.300. The van der Waals surface area contributed by atoms with Gasteiger partial charge in [0.2, 0.25) is 0 Å². The maximum absolute atomic E-state index is 10.2. The van der Waals surface area contributed by atoms with Crippen LogP contribution in [0.15, 0.2) is 41.5 Å². The molecule has 0 amide bonds. The number of methoxy groups -OCH3 is 2. The quantitative estimate of drug-likeness (QED) is 0.354. The van der Waals surface area contributed by atoms with E-state index < -0.39 is 0 Å². The third-order valence-corrected chi connectivity index (χ3v) is 4.35. The average Bonchev–Trinajstić information content (AvgIpc) is 2.70. The van der Waals surface area contributed by atoms with E-state index in [-0.39, 0.29) is 5.75 Å². The Balaban J connectivity index is 1.98. The number of anilines is 2. The van der Waals surface area contributed by atoms with Crippen molar-refractivity contribution >= 4 is 34.9 Å². The second-order valence-electron chi connectivity index (χ2n) is 5.81. The van der Waals surface area contributed by atoms with Gasteiger partial charge in [-0.1, -0.05) is 0 Å². The van der Waals surface area contributed by atoms with Gasteiger partial charge in [0, 0.05) is 42.2 Å². The SMILES string of the molecule is CCN(CC)c1ccc(/C=N/NC(=S)Nc2ccc(OC)c(OC)c2)c(O)c1. The van der Waals surface area contributed by atoms with Crippen molar-refractivity contribution in [1.29, 1.82) is 0 Å². The highest BCUT2D eigenvalue weighted by atomic mass is 32.1. The lowest BCUT2D eigenvalue weighted by molar-refractivity contribution is 0.355. The monoisotopic (exact) mass is 402 g/mol. The number of hydrazone groups is 1. The number of phenols is 1. The molecule has 2 rings (SSSR count). The molecule has 3 N–H and O–H groups in total. The molecule has 0 heterocycles. The van der Waals surface area contributed by atoms with Crippen LogP contribution in [0.1, 0.15) is 19.4 Å². The number of nitrogens with one attached hydrogen (secondary N) is 2. The van der Waals surface area contributed by atoms with Crippen molar-refractivity contribution < 1.29 is 14.6 Å². The summed E-state index contributed by atoms with van der Waals surface area (Å²) in [6.07, 6.45) is 1.52. The molecule has 0 atom stereocenters. The summed E-state index contributed by atoms with van der Waals surface area (Å²) < 4.78 is 10.5. The van der Waals surface area contributed by atoms with Crippen LogP contribution < -0.4 is 25.1 Å². The van der Waals surface area contributed by atoms with E-state index in [0.29, 0.717) is 22.2 Å². The summed E-state index contributed by atoms with van der Waals surface area (Å²) in [6, 6.07) is 10.9. The first kappa shape index (κ1) is 21.3. The van der Waals surface area contributed by atoms with Gasteiger partial charge < -0.3 is 24.8 Å². The van der Waals surface area contributed by atoms with Gasteiger partial charge in [0.05, 0.1) is 20.4 Å². The third kappa shape index (κ3) is 5.50.